The highest BCUT2D eigenvalue weighted by molar-refractivity contribution is 6.30. The number of aromatic nitrogens is 3. The number of pyridine rings is 1. The molecule has 9 nitrogen and oxygen atoms in total. The van der Waals surface area contributed by atoms with Gasteiger partial charge in [0.15, 0.2) is 5.65 Å². The molecule has 1 aliphatic heterocycles. The van der Waals surface area contributed by atoms with E-state index in [1.54, 1.807) is 42.6 Å². The first kappa shape index (κ1) is 32.9. The number of hydrogen-bond acceptors (Lipinski definition) is 7. The molecule has 6 rings (SSSR count). The molecular weight excluding hydrogens is 629 g/mol. The smallest absolute Gasteiger partial charge is 0.260 e. The Morgan fingerprint density at radius 3 is 2.58 bits per heavy atom. The van der Waals surface area contributed by atoms with Crippen LogP contribution in [0.15, 0.2) is 90.4 Å². The lowest BCUT2D eigenvalue weighted by molar-refractivity contribution is -0.111. The lowest BCUT2D eigenvalue weighted by Crippen LogP contribution is -2.42. The van der Waals surface area contributed by atoms with Gasteiger partial charge in [0.05, 0.1) is 10.7 Å². The molecule has 0 bridgehead atoms. The van der Waals surface area contributed by atoms with Crippen molar-refractivity contribution in [1.29, 1.82) is 0 Å². The van der Waals surface area contributed by atoms with Crippen molar-refractivity contribution in [1.82, 2.24) is 19.4 Å². The number of fused-ring (bicyclic) bond motifs is 1. The van der Waals surface area contributed by atoms with Gasteiger partial charge in [-0.05, 0) is 106 Å². The van der Waals surface area contributed by atoms with Crippen LogP contribution in [0.2, 0.25) is 5.02 Å². The highest BCUT2D eigenvalue weighted by Gasteiger charge is 2.21. The Morgan fingerprint density at radius 1 is 1.08 bits per heavy atom. The molecule has 0 atom stereocenters. The number of benzene rings is 3. The molecule has 2 aromatic heterocycles. The van der Waals surface area contributed by atoms with Gasteiger partial charge in [0.25, 0.3) is 5.56 Å². The minimum absolute atomic E-state index is 0.0180. The predicted molar refractivity (Wildman–Crippen MR) is 192 cm³/mol. The Kier molecular flexibility index (Phi) is 9.56. The van der Waals surface area contributed by atoms with E-state index in [4.69, 9.17) is 16.6 Å². The number of hydrogen-bond donors (Lipinski definition) is 2. The monoisotopic (exact) mass is 665 g/mol. The van der Waals surface area contributed by atoms with E-state index < -0.39 is 5.82 Å². The molecule has 246 valence electrons. The molecule has 2 N–H and O–H groups in total. The number of nitrogens with zero attached hydrogens (tertiary/aromatic N) is 5. The Balaban J connectivity index is 1.36. The molecule has 1 amide bonds. The summed E-state index contributed by atoms with van der Waals surface area (Å²) in [6.45, 7) is 7.58. The summed E-state index contributed by atoms with van der Waals surface area (Å²) in [5.41, 5.74) is 5.24. The van der Waals surface area contributed by atoms with Gasteiger partial charge in [-0.2, -0.15) is 4.98 Å². The van der Waals surface area contributed by atoms with Gasteiger partial charge in [0.2, 0.25) is 11.9 Å². The average Bonchev–Trinajstić information content (AvgIpc) is 3.08. The van der Waals surface area contributed by atoms with Gasteiger partial charge in [-0.25, -0.2) is 9.37 Å². The zero-order valence-corrected chi connectivity index (χ0v) is 27.9. The Labute approximate surface area is 283 Å². The zero-order chi connectivity index (χ0) is 33.9. The van der Waals surface area contributed by atoms with E-state index in [1.165, 1.54) is 28.5 Å². The van der Waals surface area contributed by atoms with Crippen LogP contribution in [0.5, 0.6) is 0 Å². The maximum Gasteiger partial charge on any atom is 0.260 e. The molecule has 1 saturated heterocycles. The van der Waals surface area contributed by atoms with Crippen LogP contribution in [0.25, 0.3) is 16.7 Å². The second-order valence-electron chi connectivity index (χ2n) is 12.3. The van der Waals surface area contributed by atoms with Crippen LogP contribution in [-0.2, 0) is 11.2 Å². The number of anilines is 4. The van der Waals surface area contributed by atoms with Gasteiger partial charge in [-0.15, -0.1) is 0 Å². The quantitative estimate of drug-likeness (QED) is 0.166. The molecule has 1 aliphatic rings. The lowest BCUT2D eigenvalue weighted by atomic mass is 10.0. The molecular formula is C37H37ClFN7O2. The van der Waals surface area contributed by atoms with Crippen molar-refractivity contribution in [3.05, 3.63) is 123 Å². The van der Waals surface area contributed by atoms with Crippen LogP contribution in [0.3, 0.4) is 0 Å². The summed E-state index contributed by atoms with van der Waals surface area (Å²) in [4.78, 5) is 40.3. The third-order valence-corrected chi connectivity index (χ3v) is 9.06. The fourth-order valence-electron chi connectivity index (χ4n) is 6.11. The van der Waals surface area contributed by atoms with E-state index in [0.717, 1.165) is 37.2 Å². The third-order valence-electron chi connectivity index (χ3n) is 8.77. The minimum Gasteiger partial charge on any atom is -0.371 e. The number of rotatable bonds is 9. The number of carbonyl (C=O) groups excluding carboxylic acids is 1. The van der Waals surface area contributed by atoms with Gasteiger partial charge in [-0.3, -0.25) is 14.2 Å². The van der Waals surface area contributed by atoms with E-state index in [0.29, 0.717) is 45.5 Å². The van der Waals surface area contributed by atoms with Crippen LogP contribution in [-0.4, -0.2) is 58.6 Å². The molecule has 3 heterocycles. The molecule has 0 aliphatic carbocycles. The third kappa shape index (κ3) is 7.10. The van der Waals surface area contributed by atoms with E-state index >= 15 is 0 Å². The standard InChI is InChI=1S/C37H37ClFN7O2/c1-5-34(47)41-27-7-6-8-30(21-27)46-35-26(20-25(36(46)48)18-24-9-11-32(39)31(38)19-24)22-40-37(43-35)42-33-12-10-29(17-23(33)2)45-15-13-28(14-16-45)44(3)4/h5-12,17,19-22,28H,1,13-16,18H2,2-4H3,(H,41,47)(H,40,42,43). The SMILES string of the molecule is C=CC(=O)Nc1cccc(-n2c(=O)c(Cc3ccc(F)c(Cl)c3)cc3cnc(Nc4ccc(N5CCC(N(C)C)CC5)cc4C)nc32)c1. The van der Waals surface area contributed by atoms with Crippen molar-refractivity contribution in [2.75, 3.05) is 42.7 Å². The second kappa shape index (κ2) is 14.0. The maximum atomic E-state index is 14.2. The summed E-state index contributed by atoms with van der Waals surface area (Å²) >= 11 is 6.04. The first-order chi connectivity index (χ1) is 23.1. The van der Waals surface area contributed by atoms with E-state index in [-0.39, 0.29) is 22.9 Å². The number of aryl methyl sites for hydroxylation is 1. The molecule has 3 aromatic carbocycles. The normalized spacial score (nSPS) is 13.6. The molecule has 0 unspecified atom stereocenters. The average molecular weight is 666 g/mol. The highest BCUT2D eigenvalue weighted by Crippen LogP contribution is 2.28. The highest BCUT2D eigenvalue weighted by atomic mass is 35.5. The predicted octanol–water partition coefficient (Wildman–Crippen LogP) is 6.87. The van der Waals surface area contributed by atoms with Crippen LogP contribution in [0, 0.1) is 12.7 Å². The first-order valence-corrected chi connectivity index (χ1v) is 16.2. The summed E-state index contributed by atoms with van der Waals surface area (Å²) in [5.74, 6) is -0.579. The molecule has 0 saturated carbocycles. The number of carbonyl (C=O) groups is 1. The van der Waals surface area contributed by atoms with Crippen molar-refractivity contribution >= 4 is 51.6 Å². The van der Waals surface area contributed by atoms with Gasteiger partial charge >= 0.3 is 0 Å². The lowest BCUT2D eigenvalue weighted by Gasteiger charge is -2.36. The first-order valence-electron chi connectivity index (χ1n) is 15.8. The molecule has 1 fully saturated rings. The Bertz CT molecular complexity index is 2070. The fourth-order valence-corrected chi connectivity index (χ4v) is 6.31. The van der Waals surface area contributed by atoms with Crippen LogP contribution in [0.4, 0.5) is 27.4 Å². The Hall–Kier alpha value is -5.06. The van der Waals surface area contributed by atoms with Crippen LogP contribution >= 0.6 is 11.6 Å². The summed E-state index contributed by atoms with van der Waals surface area (Å²) < 4.78 is 15.4. The van der Waals surface area contributed by atoms with E-state index in [9.17, 15) is 14.0 Å². The summed E-state index contributed by atoms with van der Waals surface area (Å²) in [5, 5.41) is 6.70. The van der Waals surface area contributed by atoms with Crippen molar-refractivity contribution in [3.8, 4) is 5.69 Å². The molecule has 5 aromatic rings. The van der Waals surface area contributed by atoms with Crippen LogP contribution in [0.1, 0.15) is 29.5 Å². The zero-order valence-electron chi connectivity index (χ0n) is 27.1. The number of nitrogens with one attached hydrogen (secondary N) is 2. The molecule has 0 spiro atoms. The van der Waals surface area contributed by atoms with E-state index in [2.05, 4.69) is 58.2 Å². The molecule has 11 heteroatoms. The Morgan fingerprint density at radius 2 is 1.88 bits per heavy atom. The second-order valence-corrected chi connectivity index (χ2v) is 12.7. The number of halogens is 2. The van der Waals surface area contributed by atoms with Gasteiger partial charge in [-0.1, -0.05) is 30.3 Å². The number of piperidine rings is 1. The molecule has 48 heavy (non-hydrogen) atoms. The largest absolute Gasteiger partial charge is 0.371 e. The van der Waals surface area contributed by atoms with Crippen molar-refractivity contribution < 1.29 is 9.18 Å². The van der Waals surface area contributed by atoms with Crippen LogP contribution < -0.4 is 21.1 Å². The number of amides is 1. The summed E-state index contributed by atoms with van der Waals surface area (Å²) in [7, 11) is 4.28. The molecule has 0 radical (unpaired) electrons. The summed E-state index contributed by atoms with van der Waals surface area (Å²) in [6.07, 6.45) is 5.31. The maximum absolute atomic E-state index is 14.2. The van der Waals surface area contributed by atoms with Gasteiger partial charge in [0, 0.05) is 59.8 Å². The van der Waals surface area contributed by atoms with E-state index in [1.807, 2.05) is 13.0 Å². The van der Waals surface area contributed by atoms with Gasteiger partial charge < -0.3 is 20.4 Å². The fraction of sp³-hybridized carbons (Fsp3) is 0.243. The van der Waals surface area contributed by atoms with Crippen molar-refractivity contribution in [2.45, 2.75) is 32.2 Å². The van der Waals surface area contributed by atoms with Crippen molar-refractivity contribution in [2.24, 2.45) is 0 Å². The van der Waals surface area contributed by atoms with Crippen molar-refractivity contribution in [3.63, 3.8) is 0 Å². The van der Waals surface area contributed by atoms with Gasteiger partial charge in [0.1, 0.15) is 5.82 Å². The minimum atomic E-state index is -0.530. The topological polar surface area (TPSA) is 95.4 Å². The summed E-state index contributed by atoms with van der Waals surface area (Å²) in [6, 6.07) is 20.0.